The van der Waals surface area contributed by atoms with E-state index < -0.39 is 0 Å². The molecule has 17 heavy (non-hydrogen) atoms. The number of carbonyl (C=O) groups is 1. The van der Waals surface area contributed by atoms with Gasteiger partial charge in [0.15, 0.2) is 0 Å². The molecule has 1 aliphatic rings. The summed E-state index contributed by atoms with van der Waals surface area (Å²) in [4.78, 5) is 11.7. The first-order valence-corrected chi connectivity index (χ1v) is 8.90. The maximum Gasteiger partial charge on any atom is 0.220 e. The van der Waals surface area contributed by atoms with Crippen molar-refractivity contribution in [3.63, 3.8) is 0 Å². The molecule has 1 amide bonds. The molecule has 100 valence electrons. The third kappa shape index (κ3) is 7.35. The standard InChI is InChI=1S/C13H24BrNOS/c1-11(10-14)3-2-6-15-13(16)9-12-4-7-17-8-5-12/h11-12H,2-10H2,1H3,(H,15,16). The van der Waals surface area contributed by atoms with Crippen LogP contribution in [0.15, 0.2) is 0 Å². The summed E-state index contributed by atoms with van der Waals surface area (Å²) in [5, 5.41) is 4.10. The van der Waals surface area contributed by atoms with Crippen LogP contribution in [0.4, 0.5) is 0 Å². The van der Waals surface area contributed by atoms with Crippen LogP contribution in [0.3, 0.4) is 0 Å². The lowest BCUT2D eigenvalue weighted by Crippen LogP contribution is -2.27. The summed E-state index contributed by atoms with van der Waals surface area (Å²) in [6, 6.07) is 0. The molecule has 1 fully saturated rings. The molecule has 0 aliphatic carbocycles. The summed E-state index contributed by atoms with van der Waals surface area (Å²) in [7, 11) is 0. The predicted octanol–water partition coefficient (Wildman–Crippen LogP) is 3.45. The van der Waals surface area contributed by atoms with Gasteiger partial charge in [0.25, 0.3) is 0 Å². The van der Waals surface area contributed by atoms with Gasteiger partial charge in [0.05, 0.1) is 0 Å². The van der Waals surface area contributed by atoms with E-state index in [1.807, 2.05) is 11.8 Å². The lowest BCUT2D eigenvalue weighted by atomic mass is 9.98. The number of hydrogen-bond donors (Lipinski definition) is 1. The van der Waals surface area contributed by atoms with Crippen LogP contribution in [0.25, 0.3) is 0 Å². The topological polar surface area (TPSA) is 29.1 Å². The van der Waals surface area contributed by atoms with Crippen LogP contribution in [-0.2, 0) is 4.79 Å². The molecule has 1 N–H and O–H groups in total. The highest BCUT2D eigenvalue weighted by molar-refractivity contribution is 9.09. The number of amides is 1. The first kappa shape index (κ1) is 15.4. The third-order valence-corrected chi connectivity index (χ3v) is 5.43. The maximum atomic E-state index is 11.7. The largest absolute Gasteiger partial charge is 0.356 e. The second kappa shape index (κ2) is 9.26. The Bertz CT molecular complexity index is 219. The van der Waals surface area contributed by atoms with Crippen molar-refractivity contribution in [1.82, 2.24) is 5.32 Å². The van der Waals surface area contributed by atoms with E-state index in [2.05, 4.69) is 28.2 Å². The average molecular weight is 322 g/mol. The maximum absolute atomic E-state index is 11.7. The van der Waals surface area contributed by atoms with Crippen molar-refractivity contribution in [1.29, 1.82) is 0 Å². The Kier molecular flexibility index (Phi) is 8.36. The van der Waals surface area contributed by atoms with Crippen LogP contribution in [0.1, 0.15) is 39.0 Å². The minimum absolute atomic E-state index is 0.258. The molecule has 0 aromatic rings. The number of hydrogen-bond acceptors (Lipinski definition) is 2. The number of halogens is 1. The Hall–Kier alpha value is 0.300. The SMILES string of the molecule is CC(CBr)CCCNC(=O)CC1CCSCC1. The summed E-state index contributed by atoms with van der Waals surface area (Å²) >= 11 is 5.49. The highest BCUT2D eigenvalue weighted by atomic mass is 79.9. The van der Waals surface area contributed by atoms with Gasteiger partial charge < -0.3 is 5.32 Å². The lowest BCUT2D eigenvalue weighted by molar-refractivity contribution is -0.122. The zero-order valence-corrected chi connectivity index (χ0v) is 13.1. The summed E-state index contributed by atoms with van der Waals surface area (Å²) in [6.07, 6.45) is 5.47. The Balaban J connectivity index is 2.00. The van der Waals surface area contributed by atoms with Crippen LogP contribution in [0.5, 0.6) is 0 Å². The number of nitrogens with one attached hydrogen (secondary N) is 1. The van der Waals surface area contributed by atoms with E-state index in [9.17, 15) is 4.79 Å². The number of thioether (sulfide) groups is 1. The number of rotatable bonds is 7. The molecular weight excluding hydrogens is 298 g/mol. The van der Waals surface area contributed by atoms with Crippen LogP contribution in [0.2, 0.25) is 0 Å². The van der Waals surface area contributed by atoms with Crippen LogP contribution in [0, 0.1) is 11.8 Å². The molecule has 1 heterocycles. The highest BCUT2D eigenvalue weighted by Gasteiger charge is 2.16. The van der Waals surface area contributed by atoms with Gasteiger partial charge >= 0.3 is 0 Å². The van der Waals surface area contributed by atoms with E-state index in [1.54, 1.807) is 0 Å². The van der Waals surface area contributed by atoms with Crippen LogP contribution >= 0.6 is 27.7 Å². The Labute approximate surface area is 118 Å². The average Bonchev–Trinajstić information content (AvgIpc) is 2.35. The fourth-order valence-electron chi connectivity index (χ4n) is 2.04. The van der Waals surface area contributed by atoms with Crippen LogP contribution in [-0.4, -0.2) is 29.3 Å². The minimum atomic E-state index is 0.258. The van der Waals surface area contributed by atoms with E-state index in [1.165, 1.54) is 30.8 Å². The molecule has 2 nitrogen and oxygen atoms in total. The highest BCUT2D eigenvalue weighted by Crippen LogP contribution is 2.24. The molecule has 1 atom stereocenters. The van der Waals surface area contributed by atoms with Crippen molar-refractivity contribution in [2.45, 2.75) is 39.0 Å². The molecule has 1 rings (SSSR count). The summed E-state index contributed by atoms with van der Waals surface area (Å²) in [6.45, 7) is 3.08. The molecule has 1 unspecified atom stereocenters. The zero-order valence-electron chi connectivity index (χ0n) is 10.7. The predicted molar refractivity (Wildman–Crippen MR) is 79.9 cm³/mol. The fourth-order valence-corrected chi connectivity index (χ4v) is 3.57. The molecule has 0 bridgehead atoms. The number of carbonyl (C=O) groups excluding carboxylic acids is 1. The first-order valence-electron chi connectivity index (χ1n) is 6.62. The lowest BCUT2D eigenvalue weighted by Gasteiger charge is -2.20. The number of alkyl halides is 1. The van der Waals surface area contributed by atoms with Gasteiger partial charge in [-0.1, -0.05) is 22.9 Å². The van der Waals surface area contributed by atoms with Crippen molar-refractivity contribution in [2.24, 2.45) is 11.8 Å². The monoisotopic (exact) mass is 321 g/mol. The van der Waals surface area contributed by atoms with Crippen molar-refractivity contribution < 1.29 is 4.79 Å². The third-order valence-electron chi connectivity index (χ3n) is 3.27. The van der Waals surface area contributed by atoms with Crippen molar-refractivity contribution >= 4 is 33.6 Å². The van der Waals surface area contributed by atoms with Gasteiger partial charge in [-0.15, -0.1) is 0 Å². The van der Waals surface area contributed by atoms with Crippen molar-refractivity contribution in [3.05, 3.63) is 0 Å². The van der Waals surface area contributed by atoms with Crippen LogP contribution < -0.4 is 5.32 Å². The van der Waals surface area contributed by atoms with E-state index in [-0.39, 0.29) is 5.91 Å². The zero-order chi connectivity index (χ0) is 12.5. The van der Waals surface area contributed by atoms with Gasteiger partial charge in [-0.25, -0.2) is 0 Å². The molecular formula is C13H24BrNOS. The van der Waals surface area contributed by atoms with Gasteiger partial charge in [0.1, 0.15) is 0 Å². The molecule has 1 saturated heterocycles. The summed E-state index contributed by atoms with van der Waals surface area (Å²) < 4.78 is 0. The van der Waals surface area contributed by atoms with Gasteiger partial charge in [0.2, 0.25) is 5.91 Å². The molecule has 0 radical (unpaired) electrons. The summed E-state index contributed by atoms with van der Waals surface area (Å²) in [5.74, 6) is 4.08. The second-order valence-electron chi connectivity index (χ2n) is 5.01. The van der Waals surface area contributed by atoms with Gasteiger partial charge in [0, 0.05) is 18.3 Å². The summed E-state index contributed by atoms with van der Waals surface area (Å²) in [5.41, 5.74) is 0. The van der Waals surface area contributed by atoms with Crippen molar-refractivity contribution in [3.8, 4) is 0 Å². The Morgan fingerprint density at radius 1 is 1.47 bits per heavy atom. The second-order valence-corrected chi connectivity index (χ2v) is 6.88. The minimum Gasteiger partial charge on any atom is -0.356 e. The molecule has 0 spiro atoms. The molecule has 0 aromatic heterocycles. The fraction of sp³-hybridized carbons (Fsp3) is 0.923. The molecule has 4 heteroatoms. The molecule has 1 aliphatic heterocycles. The van der Waals surface area contributed by atoms with E-state index in [0.717, 1.165) is 24.7 Å². The smallest absolute Gasteiger partial charge is 0.220 e. The van der Waals surface area contributed by atoms with Gasteiger partial charge in [-0.2, -0.15) is 11.8 Å². The quantitative estimate of drug-likeness (QED) is 0.575. The van der Waals surface area contributed by atoms with E-state index in [4.69, 9.17) is 0 Å². The Morgan fingerprint density at radius 2 is 2.18 bits per heavy atom. The Morgan fingerprint density at radius 3 is 2.82 bits per heavy atom. The van der Waals surface area contributed by atoms with Gasteiger partial charge in [-0.3, -0.25) is 4.79 Å². The van der Waals surface area contributed by atoms with Gasteiger partial charge in [-0.05, 0) is 49.0 Å². The van der Waals surface area contributed by atoms with E-state index in [0.29, 0.717) is 11.8 Å². The first-order chi connectivity index (χ1) is 8.22. The molecule has 0 aromatic carbocycles. The van der Waals surface area contributed by atoms with E-state index >= 15 is 0 Å². The normalized spacial score (nSPS) is 18.9. The van der Waals surface area contributed by atoms with Crippen molar-refractivity contribution in [2.75, 3.05) is 23.4 Å². The molecule has 0 saturated carbocycles.